The number of halogens is 1. The maximum absolute atomic E-state index is 12.2. The minimum atomic E-state index is -0.0841. The zero-order chi connectivity index (χ0) is 14.3. The van der Waals surface area contributed by atoms with Crippen LogP contribution in [0, 0.1) is 0 Å². The van der Waals surface area contributed by atoms with E-state index in [2.05, 4.69) is 54.3 Å². The first kappa shape index (κ1) is 14.6. The molecule has 0 atom stereocenters. The molecule has 1 fully saturated rings. The molecule has 0 radical (unpaired) electrons. The van der Waals surface area contributed by atoms with E-state index < -0.39 is 0 Å². The molecule has 0 spiro atoms. The van der Waals surface area contributed by atoms with Crippen LogP contribution in [-0.2, 0) is 0 Å². The number of rotatable bonds is 2. The predicted octanol–water partition coefficient (Wildman–Crippen LogP) is 3.08. The zero-order valence-corrected chi connectivity index (χ0v) is 13.4. The third-order valence-corrected chi connectivity index (χ3v) is 4.00. The Hall–Kier alpha value is -0.810. The van der Waals surface area contributed by atoms with Crippen LogP contribution in [0.5, 0.6) is 0 Å². The molecule has 4 nitrogen and oxygen atoms in total. The topological polar surface area (TPSA) is 54.3 Å². The number of hydrogen-bond acceptors (Lipinski definition) is 3. The first-order valence-corrected chi connectivity index (χ1v) is 7.31. The number of hydrogen-bond donors (Lipinski definition) is 2. The molecule has 19 heavy (non-hydrogen) atoms. The van der Waals surface area contributed by atoms with E-state index in [1.54, 1.807) is 6.07 Å². The Bertz CT molecular complexity index is 464. The standard InChI is InChI=1S/C14H21BrN2O2/c1-13(2)7-9(8-14(3,4)17-13)16-12(18)10-5-6-19-11(10)15/h5-6,9,17H,7-8H2,1-4H3,(H,16,18). The maximum atomic E-state index is 12.2. The number of nitrogens with one attached hydrogen (secondary N) is 2. The van der Waals surface area contributed by atoms with Crippen LogP contribution < -0.4 is 10.6 Å². The van der Waals surface area contributed by atoms with Gasteiger partial charge in [0.2, 0.25) is 0 Å². The van der Waals surface area contributed by atoms with Crippen LogP contribution in [0.25, 0.3) is 0 Å². The number of piperidine rings is 1. The largest absolute Gasteiger partial charge is 0.457 e. The number of furan rings is 1. The highest BCUT2D eigenvalue weighted by atomic mass is 79.9. The van der Waals surface area contributed by atoms with Gasteiger partial charge in [-0.05, 0) is 62.5 Å². The number of carbonyl (C=O) groups is 1. The average Bonchev–Trinajstić information content (AvgIpc) is 2.58. The van der Waals surface area contributed by atoms with Crippen molar-refractivity contribution in [1.29, 1.82) is 0 Å². The van der Waals surface area contributed by atoms with Crippen molar-refractivity contribution in [3.05, 3.63) is 22.6 Å². The van der Waals surface area contributed by atoms with E-state index in [9.17, 15) is 4.79 Å². The number of carbonyl (C=O) groups excluding carboxylic acids is 1. The van der Waals surface area contributed by atoms with Gasteiger partial charge in [-0.25, -0.2) is 0 Å². The van der Waals surface area contributed by atoms with E-state index in [1.807, 2.05) is 0 Å². The molecule has 0 aromatic carbocycles. The zero-order valence-electron chi connectivity index (χ0n) is 11.8. The first-order chi connectivity index (χ1) is 8.69. The highest BCUT2D eigenvalue weighted by molar-refractivity contribution is 9.10. The van der Waals surface area contributed by atoms with Crippen molar-refractivity contribution < 1.29 is 9.21 Å². The summed E-state index contributed by atoms with van der Waals surface area (Å²) in [6.45, 7) is 8.67. The fourth-order valence-electron chi connectivity index (χ4n) is 3.14. The van der Waals surface area contributed by atoms with Gasteiger partial charge in [0.05, 0.1) is 11.8 Å². The van der Waals surface area contributed by atoms with Crippen LogP contribution in [0.2, 0.25) is 0 Å². The molecule has 2 rings (SSSR count). The molecular formula is C14H21BrN2O2. The second kappa shape index (κ2) is 4.94. The van der Waals surface area contributed by atoms with Gasteiger partial charge in [0.15, 0.2) is 4.67 Å². The monoisotopic (exact) mass is 328 g/mol. The van der Waals surface area contributed by atoms with E-state index in [-0.39, 0.29) is 23.0 Å². The summed E-state index contributed by atoms with van der Waals surface area (Å²) < 4.78 is 5.58. The van der Waals surface area contributed by atoms with Gasteiger partial charge in [-0.15, -0.1) is 0 Å². The van der Waals surface area contributed by atoms with Crippen molar-refractivity contribution in [2.24, 2.45) is 0 Å². The highest BCUT2D eigenvalue weighted by Crippen LogP contribution is 2.29. The summed E-state index contributed by atoms with van der Waals surface area (Å²) in [5.41, 5.74) is 0.592. The molecule has 2 heterocycles. The Balaban J connectivity index is 2.07. The second-order valence-corrected chi connectivity index (χ2v) is 7.30. The summed E-state index contributed by atoms with van der Waals surface area (Å²) >= 11 is 3.24. The summed E-state index contributed by atoms with van der Waals surface area (Å²) in [7, 11) is 0. The molecular weight excluding hydrogens is 308 g/mol. The molecule has 1 aromatic rings. The van der Waals surface area contributed by atoms with Gasteiger partial charge < -0.3 is 15.1 Å². The fourth-order valence-corrected chi connectivity index (χ4v) is 3.56. The minimum absolute atomic E-state index is 0.0212. The van der Waals surface area contributed by atoms with Gasteiger partial charge in [-0.1, -0.05) is 0 Å². The van der Waals surface area contributed by atoms with Crippen molar-refractivity contribution in [3.8, 4) is 0 Å². The molecule has 1 saturated heterocycles. The van der Waals surface area contributed by atoms with E-state index >= 15 is 0 Å². The molecule has 0 bridgehead atoms. The molecule has 1 aliphatic heterocycles. The third-order valence-electron chi connectivity index (χ3n) is 3.39. The highest BCUT2D eigenvalue weighted by Gasteiger charge is 2.38. The molecule has 5 heteroatoms. The van der Waals surface area contributed by atoms with Crippen molar-refractivity contribution in [3.63, 3.8) is 0 Å². The molecule has 106 valence electrons. The van der Waals surface area contributed by atoms with Crippen molar-refractivity contribution >= 4 is 21.8 Å². The summed E-state index contributed by atoms with van der Waals surface area (Å²) in [6, 6.07) is 1.84. The van der Waals surface area contributed by atoms with E-state index in [4.69, 9.17) is 4.42 Å². The normalized spacial score (nSPS) is 22.2. The Labute approximate surface area is 122 Å². The quantitative estimate of drug-likeness (QED) is 0.877. The van der Waals surface area contributed by atoms with Crippen LogP contribution >= 0.6 is 15.9 Å². The fraction of sp³-hybridized carbons (Fsp3) is 0.643. The van der Waals surface area contributed by atoms with Gasteiger partial charge in [0.1, 0.15) is 0 Å². The lowest BCUT2D eigenvalue weighted by Crippen LogP contribution is -2.62. The van der Waals surface area contributed by atoms with Crippen molar-refractivity contribution in [2.75, 3.05) is 0 Å². The summed E-state index contributed by atoms with van der Waals surface area (Å²) in [5.74, 6) is -0.0841. The summed E-state index contributed by atoms with van der Waals surface area (Å²) in [5, 5.41) is 6.71. The maximum Gasteiger partial charge on any atom is 0.255 e. The molecule has 1 aromatic heterocycles. The summed E-state index contributed by atoms with van der Waals surface area (Å²) in [6.07, 6.45) is 3.34. The van der Waals surface area contributed by atoms with Gasteiger partial charge in [0, 0.05) is 17.1 Å². The first-order valence-electron chi connectivity index (χ1n) is 6.52. The van der Waals surface area contributed by atoms with Crippen molar-refractivity contribution in [2.45, 2.75) is 57.7 Å². The Morgan fingerprint density at radius 1 is 1.37 bits per heavy atom. The number of amides is 1. The predicted molar refractivity (Wildman–Crippen MR) is 78.2 cm³/mol. The Morgan fingerprint density at radius 2 is 1.95 bits per heavy atom. The van der Waals surface area contributed by atoms with Crippen molar-refractivity contribution in [1.82, 2.24) is 10.6 Å². The van der Waals surface area contributed by atoms with Gasteiger partial charge in [0.25, 0.3) is 5.91 Å². The lowest BCUT2D eigenvalue weighted by atomic mass is 9.79. The minimum Gasteiger partial charge on any atom is -0.457 e. The SMILES string of the molecule is CC1(C)CC(NC(=O)c2ccoc2Br)CC(C)(C)N1. The van der Waals surface area contributed by atoms with E-state index in [0.29, 0.717) is 10.2 Å². The Morgan fingerprint density at radius 3 is 2.42 bits per heavy atom. The van der Waals surface area contributed by atoms with E-state index in [0.717, 1.165) is 12.8 Å². The van der Waals surface area contributed by atoms with Gasteiger partial charge in [-0.3, -0.25) is 4.79 Å². The van der Waals surface area contributed by atoms with Gasteiger partial charge in [-0.2, -0.15) is 0 Å². The average molecular weight is 329 g/mol. The van der Waals surface area contributed by atoms with Crippen LogP contribution in [0.15, 0.2) is 21.4 Å². The third kappa shape index (κ3) is 3.60. The van der Waals surface area contributed by atoms with Crippen LogP contribution in [0.1, 0.15) is 50.9 Å². The van der Waals surface area contributed by atoms with E-state index in [1.165, 1.54) is 6.26 Å². The van der Waals surface area contributed by atoms with Gasteiger partial charge >= 0.3 is 0 Å². The molecule has 1 amide bonds. The van der Waals surface area contributed by atoms with Crippen LogP contribution in [-0.4, -0.2) is 23.0 Å². The van der Waals surface area contributed by atoms with Crippen LogP contribution in [0.4, 0.5) is 0 Å². The molecule has 0 unspecified atom stereocenters. The second-order valence-electron chi connectivity index (χ2n) is 6.58. The molecule has 0 aliphatic carbocycles. The Kier molecular flexibility index (Phi) is 3.80. The molecule has 2 N–H and O–H groups in total. The molecule has 0 saturated carbocycles. The van der Waals surface area contributed by atoms with Crippen LogP contribution in [0.3, 0.4) is 0 Å². The lowest BCUT2D eigenvalue weighted by molar-refractivity contribution is 0.0871. The summed E-state index contributed by atoms with van der Waals surface area (Å²) in [4.78, 5) is 12.2. The smallest absolute Gasteiger partial charge is 0.255 e. The molecule has 1 aliphatic rings. The lowest BCUT2D eigenvalue weighted by Gasteiger charge is -2.46.